The third-order valence-electron chi connectivity index (χ3n) is 9.42. The van der Waals surface area contributed by atoms with Gasteiger partial charge in [0.25, 0.3) is 0 Å². The molecule has 53 heavy (non-hydrogen) atoms. The molecule has 0 spiro atoms. The van der Waals surface area contributed by atoms with Gasteiger partial charge in [-0.2, -0.15) is 0 Å². The number of aryl methyl sites for hydroxylation is 2. The first-order valence-corrected chi connectivity index (χ1v) is 20.2. The van der Waals surface area contributed by atoms with Crippen molar-refractivity contribution in [3.8, 4) is 5.75 Å². The monoisotopic (exact) mass is 730 g/mol. The van der Waals surface area contributed by atoms with E-state index in [1.54, 1.807) is 0 Å². The van der Waals surface area contributed by atoms with E-state index in [-0.39, 0.29) is 17.9 Å². The number of allylic oxidation sites excluding steroid dienone is 12. The zero-order chi connectivity index (χ0) is 38.4. The second-order valence-electron chi connectivity index (χ2n) is 14.5. The standard InChI is InChI=1S/C46H71N3O4/c1-6-7-8-9-10-11-12-13-14-15-16-17-18-19-20-21-22-23-24-26-44(50)47-32-29-42(49-34-37-52-38-35-49)30-33-48-45(51)46(4,5)31-25-36-53-43-39-40(2)27-28-41(43)3/h7-8,10-11,13-14,16-17,19-20,22-23,27-28,39,42H,6,9,12,15,18,21,24-26,29-38H2,1-5H3,(H,47,50)(H,48,51)/b8-7-,11-10-,14-13-,17-16-,20-19-,23-22-. The summed E-state index contributed by atoms with van der Waals surface area (Å²) in [4.78, 5) is 28.1. The molecule has 0 radical (unpaired) electrons. The van der Waals surface area contributed by atoms with Crippen LogP contribution in [-0.4, -0.2) is 68.8 Å². The Labute approximate surface area is 322 Å². The lowest BCUT2D eigenvalue weighted by Gasteiger charge is -2.35. The van der Waals surface area contributed by atoms with Crippen LogP contribution in [-0.2, 0) is 14.3 Å². The van der Waals surface area contributed by atoms with Crippen LogP contribution < -0.4 is 15.4 Å². The molecule has 1 aliphatic heterocycles. The minimum absolute atomic E-state index is 0.0765. The fourth-order valence-electron chi connectivity index (χ4n) is 6.04. The fourth-order valence-corrected chi connectivity index (χ4v) is 6.04. The van der Waals surface area contributed by atoms with Crippen LogP contribution in [0.1, 0.15) is 109 Å². The van der Waals surface area contributed by atoms with Gasteiger partial charge in [-0.25, -0.2) is 0 Å². The first-order chi connectivity index (χ1) is 25.7. The number of morpholine rings is 1. The molecule has 2 amide bonds. The van der Waals surface area contributed by atoms with E-state index in [0.29, 0.717) is 26.1 Å². The largest absolute Gasteiger partial charge is 0.493 e. The van der Waals surface area contributed by atoms with E-state index in [9.17, 15) is 9.59 Å². The number of nitrogens with zero attached hydrogens (tertiary/aromatic N) is 1. The summed E-state index contributed by atoms with van der Waals surface area (Å²) >= 11 is 0. The van der Waals surface area contributed by atoms with Crippen molar-refractivity contribution in [3.63, 3.8) is 0 Å². The topological polar surface area (TPSA) is 79.9 Å². The number of nitrogens with one attached hydrogen (secondary N) is 2. The molecule has 1 fully saturated rings. The molecule has 1 heterocycles. The Morgan fingerprint density at radius 2 is 1.36 bits per heavy atom. The average molecular weight is 730 g/mol. The third kappa shape index (κ3) is 22.2. The summed E-state index contributed by atoms with van der Waals surface area (Å²) in [6, 6.07) is 6.51. The normalized spacial score (nSPS) is 15.2. The maximum absolute atomic E-state index is 13.1. The minimum atomic E-state index is -0.476. The second kappa shape index (κ2) is 28.8. The van der Waals surface area contributed by atoms with Crippen LogP contribution in [0.5, 0.6) is 5.75 Å². The lowest BCUT2D eigenvalue weighted by Crippen LogP contribution is -2.47. The minimum Gasteiger partial charge on any atom is -0.493 e. The lowest BCUT2D eigenvalue weighted by molar-refractivity contribution is -0.129. The molecule has 2 N–H and O–H groups in total. The molecule has 1 saturated heterocycles. The van der Waals surface area contributed by atoms with Crippen LogP contribution in [0, 0.1) is 19.3 Å². The number of hydrogen-bond acceptors (Lipinski definition) is 5. The van der Waals surface area contributed by atoms with Gasteiger partial charge in [-0.1, -0.05) is 106 Å². The van der Waals surface area contributed by atoms with Gasteiger partial charge < -0.3 is 20.1 Å². The summed E-state index contributed by atoms with van der Waals surface area (Å²) in [5.74, 6) is 1.08. The van der Waals surface area contributed by atoms with Crippen molar-refractivity contribution in [2.24, 2.45) is 5.41 Å². The van der Waals surface area contributed by atoms with Crippen molar-refractivity contribution < 1.29 is 19.1 Å². The molecule has 1 unspecified atom stereocenters. The van der Waals surface area contributed by atoms with Crippen LogP contribution in [0.4, 0.5) is 0 Å². The molecule has 7 nitrogen and oxygen atoms in total. The highest BCUT2D eigenvalue weighted by Crippen LogP contribution is 2.24. The smallest absolute Gasteiger partial charge is 0.225 e. The summed E-state index contributed by atoms with van der Waals surface area (Å²) < 4.78 is 11.6. The van der Waals surface area contributed by atoms with E-state index in [0.717, 1.165) is 108 Å². The van der Waals surface area contributed by atoms with Gasteiger partial charge in [-0.3, -0.25) is 14.5 Å². The molecule has 294 valence electrons. The molecule has 0 aromatic heterocycles. The number of ether oxygens (including phenoxy) is 2. The van der Waals surface area contributed by atoms with Crippen molar-refractivity contribution in [1.82, 2.24) is 15.5 Å². The Morgan fingerprint density at radius 1 is 0.811 bits per heavy atom. The predicted octanol–water partition coefficient (Wildman–Crippen LogP) is 9.68. The van der Waals surface area contributed by atoms with Gasteiger partial charge in [0.1, 0.15) is 5.75 Å². The summed E-state index contributed by atoms with van der Waals surface area (Å²) in [6.45, 7) is 15.3. The predicted molar refractivity (Wildman–Crippen MR) is 223 cm³/mol. The maximum atomic E-state index is 13.1. The van der Waals surface area contributed by atoms with Crippen LogP contribution in [0.25, 0.3) is 0 Å². The van der Waals surface area contributed by atoms with Crippen molar-refractivity contribution in [1.29, 1.82) is 0 Å². The van der Waals surface area contributed by atoms with Gasteiger partial charge in [0.05, 0.1) is 19.8 Å². The molecule has 1 aliphatic rings. The van der Waals surface area contributed by atoms with Crippen molar-refractivity contribution in [2.75, 3.05) is 46.0 Å². The van der Waals surface area contributed by atoms with E-state index in [2.05, 4.69) is 127 Å². The number of benzene rings is 1. The quantitative estimate of drug-likeness (QED) is 0.0697. The van der Waals surface area contributed by atoms with Crippen LogP contribution in [0.3, 0.4) is 0 Å². The molecule has 0 saturated carbocycles. The van der Waals surface area contributed by atoms with Crippen molar-refractivity contribution >= 4 is 11.8 Å². The van der Waals surface area contributed by atoms with Crippen LogP contribution in [0.2, 0.25) is 0 Å². The zero-order valence-corrected chi connectivity index (χ0v) is 33.8. The van der Waals surface area contributed by atoms with E-state index < -0.39 is 5.41 Å². The zero-order valence-electron chi connectivity index (χ0n) is 33.8. The van der Waals surface area contributed by atoms with Crippen LogP contribution in [0.15, 0.2) is 91.1 Å². The summed E-state index contributed by atoms with van der Waals surface area (Å²) in [5.41, 5.74) is 1.83. The highest BCUT2D eigenvalue weighted by molar-refractivity contribution is 5.81. The second-order valence-corrected chi connectivity index (χ2v) is 14.5. The van der Waals surface area contributed by atoms with Gasteiger partial charge >= 0.3 is 0 Å². The molecular formula is C46H71N3O4. The van der Waals surface area contributed by atoms with E-state index >= 15 is 0 Å². The lowest BCUT2D eigenvalue weighted by atomic mass is 9.87. The maximum Gasteiger partial charge on any atom is 0.225 e. The Bertz CT molecular complexity index is 1330. The van der Waals surface area contributed by atoms with Crippen LogP contribution >= 0.6 is 0 Å². The SMILES string of the molecule is CC/C=C\C/C=C\C/C=C\C/C=C\C/C=C\C/C=C\CCC(=O)NCCC(CCNC(=O)C(C)(C)CCCOc1cc(C)ccc1C)N1CCOCC1. The number of amides is 2. The highest BCUT2D eigenvalue weighted by Gasteiger charge is 2.28. The Kier molecular flexibility index (Phi) is 24.7. The Balaban J connectivity index is 1.59. The van der Waals surface area contributed by atoms with Gasteiger partial charge in [0.2, 0.25) is 11.8 Å². The van der Waals surface area contributed by atoms with Gasteiger partial charge in [-0.15, -0.1) is 0 Å². The first-order valence-electron chi connectivity index (χ1n) is 20.2. The average Bonchev–Trinajstić information content (AvgIpc) is 3.15. The number of carbonyl (C=O) groups is 2. The van der Waals surface area contributed by atoms with Gasteiger partial charge in [0.15, 0.2) is 0 Å². The fraction of sp³-hybridized carbons (Fsp3) is 0.565. The molecule has 2 rings (SSSR count). The van der Waals surface area contributed by atoms with Crippen molar-refractivity contribution in [3.05, 3.63) is 102 Å². The molecule has 0 aliphatic carbocycles. The highest BCUT2D eigenvalue weighted by atomic mass is 16.5. The van der Waals surface area contributed by atoms with E-state index in [1.165, 1.54) is 5.56 Å². The third-order valence-corrected chi connectivity index (χ3v) is 9.42. The summed E-state index contributed by atoms with van der Waals surface area (Å²) in [7, 11) is 0. The first kappa shape index (κ1) is 45.5. The number of hydrogen-bond donors (Lipinski definition) is 2. The van der Waals surface area contributed by atoms with Gasteiger partial charge in [-0.05, 0) is 102 Å². The Hall–Kier alpha value is -3.68. The summed E-state index contributed by atoms with van der Waals surface area (Å²) in [6.07, 6.45) is 36.6. The van der Waals surface area contributed by atoms with Gasteiger partial charge in [0, 0.05) is 44.1 Å². The molecule has 1 atom stereocenters. The molecule has 0 bridgehead atoms. The van der Waals surface area contributed by atoms with E-state index in [4.69, 9.17) is 9.47 Å². The Morgan fingerprint density at radius 3 is 1.94 bits per heavy atom. The summed E-state index contributed by atoms with van der Waals surface area (Å²) in [5, 5.41) is 6.32. The number of rotatable bonds is 27. The molecule has 1 aromatic rings. The molecule has 7 heteroatoms. The van der Waals surface area contributed by atoms with Crippen molar-refractivity contribution in [2.45, 2.75) is 118 Å². The molecular weight excluding hydrogens is 659 g/mol. The van der Waals surface area contributed by atoms with E-state index in [1.807, 2.05) is 13.8 Å². The number of carbonyl (C=O) groups excluding carboxylic acids is 2. The molecule has 1 aromatic carbocycles.